The first-order valence-corrected chi connectivity index (χ1v) is 5.64. The molecule has 1 rings (SSSR count). The zero-order chi connectivity index (χ0) is 11.3. The topological polar surface area (TPSA) is 12.0 Å². The van der Waals surface area contributed by atoms with Gasteiger partial charge in [-0.15, -0.1) is 6.58 Å². The van der Waals surface area contributed by atoms with Gasteiger partial charge in [0.1, 0.15) is 0 Å². The summed E-state index contributed by atoms with van der Waals surface area (Å²) < 4.78 is 0. The normalized spacial score (nSPS) is 14.6. The maximum Gasteiger partial charge on any atom is 0.0453 e. The molecule has 1 aromatic rings. The van der Waals surface area contributed by atoms with Crippen molar-refractivity contribution in [2.24, 2.45) is 0 Å². The van der Waals surface area contributed by atoms with E-state index in [0.717, 1.165) is 17.0 Å². The molecule has 0 aliphatic carbocycles. The van der Waals surface area contributed by atoms with Gasteiger partial charge in [0, 0.05) is 17.1 Å². The molecule has 2 atom stereocenters. The van der Waals surface area contributed by atoms with Crippen LogP contribution in [0, 0.1) is 0 Å². The van der Waals surface area contributed by atoms with Gasteiger partial charge in [0.2, 0.25) is 0 Å². The molecule has 0 heterocycles. The Morgan fingerprint density at radius 2 is 2.07 bits per heavy atom. The SMILES string of the molecule is C=CCC(C)NC(C)c1ccccc1Cl. The van der Waals surface area contributed by atoms with Crippen LogP contribution in [-0.2, 0) is 0 Å². The average Bonchev–Trinajstić information content (AvgIpc) is 2.18. The second kappa shape index (κ2) is 5.94. The van der Waals surface area contributed by atoms with Gasteiger partial charge < -0.3 is 5.32 Å². The Labute approximate surface area is 97.1 Å². The summed E-state index contributed by atoms with van der Waals surface area (Å²) in [5.74, 6) is 0. The van der Waals surface area contributed by atoms with E-state index in [9.17, 15) is 0 Å². The lowest BCUT2D eigenvalue weighted by molar-refractivity contribution is 0.483. The van der Waals surface area contributed by atoms with E-state index in [1.54, 1.807) is 0 Å². The third-order valence-corrected chi connectivity index (χ3v) is 2.77. The lowest BCUT2D eigenvalue weighted by Crippen LogP contribution is -2.28. The van der Waals surface area contributed by atoms with Crippen molar-refractivity contribution >= 4 is 11.6 Å². The fourth-order valence-corrected chi connectivity index (χ4v) is 1.96. The summed E-state index contributed by atoms with van der Waals surface area (Å²) in [6.07, 6.45) is 2.89. The monoisotopic (exact) mass is 223 g/mol. The Morgan fingerprint density at radius 1 is 1.40 bits per heavy atom. The largest absolute Gasteiger partial charge is 0.307 e. The number of hydrogen-bond acceptors (Lipinski definition) is 1. The molecule has 0 aliphatic heterocycles. The predicted octanol–water partition coefficient (Wildman–Crippen LogP) is 3.96. The molecular formula is C13H18ClN. The van der Waals surface area contributed by atoms with E-state index in [2.05, 4.69) is 31.8 Å². The molecule has 1 N–H and O–H groups in total. The van der Waals surface area contributed by atoms with E-state index < -0.39 is 0 Å². The summed E-state index contributed by atoms with van der Waals surface area (Å²) in [4.78, 5) is 0. The molecule has 1 aromatic carbocycles. The standard InChI is InChI=1S/C13H18ClN/c1-4-7-10(2)15-11(3)12-8-5-6-9-13(12)14/h4-6,8-11,15H,1,7H2,2-3H3. The van der Waals surface area contributed by atoms with E-state index in [0.29, 0.717) is 6.04 Å². The van der Waals surface area contributed by atoms with Crippen molar-refractivity contribution in [2.75, 3.05) is 0 Å². The molecule has 0 saturated carbocycles. The zero-order valence-electron chi connectivity index (χ0n) is 9.33. The Hall–Kier alpha value is -0.790. The van der Waals surface area contributed by atoms with Crippen molar-refractivity contribution in [3.63, 3.8) is 0 Å². The number of benzene rings is 1. The first-order valence-electron chi connectivity index (χ1n) is 5.26. The van der Waals surface area contributed by atoms with Crippen LogP contribution in [0.3, 0.4) is 0 Å². The Morgan fingerprint density at radius 3 is 2.67 bits per heavy atom. The number of hydrogen-bond donors (Lipinski definition) is 1. The third kappa shape index (κ3) is 3.69. The number of halogens is 1. The van der Waals surface area contributed by atoms with Crippen LogP contribution in [0.5, 0.6) is 0 Å². The van der Waals surface area contributed by atoms with Crippen LogP contribution in [0.25, 0.3) is 0 Å². The number of rotatable bonds is 5. The van der Waals surface area contributed by atoms with Crippen LogP contribution in [-0.4, -0.2) is 6.04 Å². The first-order chi connectivity index (χ1) is 7.15. The molecule has 0 amide bonds. The Balaban J connectivity index is 2.64. The van der Waals surface area contributed by atoms with E-state index in [1.807, 2.05) is 24.3 Å². The van der Waals surface area contributed by atoms with Crippen LogP contribution < -0.4 is 5.32 Å². The molecule has 2 heteroatoms. The van der Waals surface area contributed by atoms with Gasteiger partial charge in [0.15, 0.2) is 0 Å². The highest BCUT2D eigenvalue weighted by molar-refractivity contribution is 6.31. The first kappa shape index (κ1) is 12.3. The van der Waals surface area contributed by atoms with E-state index in [1.165, 1.54) is 0 Å². The molecule has 15 heavy (non-hydrogen) atoms. The fourth-order valence-electron chi connectivity index (χ4n) is 1.66. The molecule has 0 bridgehead atoms. The zero-order valence-corrected chi connectivity index (χ0v) is 10.1. The second-order valence-corrected chi connectivity index (χ2v) is 4.24. The molecule has 0 aromatic heterocycles. The molecule has 0 aliphatic rings. The van der Waals surface area contributed by atoms with Gasteiger partial charge in [-0.3, -0.25) is 0 Å². The summed E-state index contributed by atoms with van der Waals surface area (Å²) in [5.41, 5.74) is 1.15. The van der Waals surface area contributed by atoms with Crippen LogP contribution in [0.1, 0.15) is 31.9 Å². The van der Waals surface area contributed by atoms with Gasteiger partial charge in [-0.05, 0) is 31.9 Å². The van der Waals surface area contributed by atoms with Crippen molar-refractivity contribution in [1.29, 1.82) is 0 Å². The quantitative estimate of drug-likeness (QED) is 0.746. The van der Waals surface area contributed by atoms with Crippen LogP contribution in [0.15, 0.2) is 36.9 Å². The van der Waals surface area contributed by atoms with Gasteiger partial charge >= 0.3 is 0 Å². The molecule has 0 radical (unpaired) electrons. The van der Waals surface area contributed by atoms with Gasteiger partial charge in [-0.1, -0.05) is 35.9 Å². The average molecular weight is 224 g/mol. The van der Waals surface area contributed by atoms with Crippen LogP contribution in [0.2, 0.25) is 5.02 Å². The van der Waals surface area contributed by atoms with Gasteiger partial charge in [-0.2, -0.15) is 0 Å². The fraction of sp³-hybridized carbons (Fsp3) is 0.385. The van der Waals surface area contributed by atoms with Crippen molar-refractivity contribution in [2.45, 2.75) is 32.4 Å². The molecule has 0 fully saturated rings. The highest BCUT2D eigenvalue weighted by atomic mass is 35.5. The minimum absolute atomic E-state index is 0.272. The Kier molecular flexibility index (Phi) is 4.86. The molecule has 82 valence electrons. The van der Waals surface area contributed by atoms with Crippen molar-refractivity contribution in [1.82, 2.24) is 5.32 Å². The van der Waals surface area contributed by atoms with Gasteiger partial charge in [0.25, 0.3) is 0 Å². The molecule has 0 spiro atoms. The lowest BCUT2D eigenvalue weighted by Gasteiger charge is -2.20. The molecule has 2 unspecified atom stereocenters. The summed E-state index contributed by atoms with van der Waals surface area (Å²) in [7, 11) is 0. The lowest BCUT2D eigenvalue weighted by atomic mass is 10.1. The smallest absolute Gasteiger partial charge is 0.0453 e. The summed E-state index contributed by atoms with van der Waals surface area (Å²) in [6, 6.07) is 8.64. The summed E-state index contributed by atoms with van der Waals surface area (Å²) in [5, 5.41) is 4.30. The van der Waals surface area contributed by atoms with Crippen LogP contribution >= 0.6 is 11.6 Å². The molecule has 0 saturated heterocycles. The number of nitrogens with one attached hydrogen (secondary N) is 1. The summed E-state index contributed by atoms with van der Waals surface area (Å²) in [6.45, 7) is 8.01. The maximum atomic E-state index is 6.12. The van der Waals surface area contributed by atoms with Crippen molar-refractivity contribution in [3.8, 4) is 0 Å². The predicted molar refractivity (Wildman–Crippen MR) is 67.3 cm³/mol. The van der Waals surface area contributed by atoms with Crippen molar-refractivity contribution < 1.29 is 0 Å². The van der Waals surface area contributed by atoms with Crippen LogP contribution in [0.4, 0.5) is 0 Å². The second-order valence-electron chi connectivity index (χ2n) is 3.84. The maximum absolute atomic E-state index is 6.12. The van der Waals surface area contributed by atoms with E-state index in [4.69, 9.17) is 11.6 Å². The Bertz CT molecular complexity index is 322. The highest BCUT2D eigenvalue weighted by Crippen LogP contribution is 2.22. The minimum Gasteiger partial charge on any atom is -0.307 e. The van der Waals surface area contributed by atoms with Gasteiger partial charge in [-0.25, -0.2) is 0 Å². The van der Waals surface area contributed by atoms with Crippen molar-refractivity contribution in [3.05, 3.63) is 47.5 Å². The molecule has 1 nitrogen and oxygen atoms in total. The van der Waals surface area contributed by atoms with E-state index >= 15 is 0 Å². The minimum atomic E-state index is 0.272. The summed E-state index contributed by atoms with van der Waals surface area (Å²) >= 11 is 6.12. The van der Waals surface area contributed by atoms with Gasteiger partial charge in [0.05, 0.1) is 0 Å². The van der Waals surface area contributed by atoms with E-state index in [-0.39, 0.29) is 6.04 Å². The highest BCUT2D eigenvalue weighted by Gasteiger charge is 2.10. The molecular weight excluding hydrogens is 206 g/mol. The third-order valence-electron chi connectivity index (χ3n) is 2.43.